The fourth-order valence-electron chi connectivity index (χ4n) is 1.90. The fraction of sp³-hybridized carbons (Fsp3) is 1.00. The number of rotatable bonds is 12. The summed E-state index contributed by atoms with van der Waals surface area (Å²) in [6, 6.07) is 0.276. The highest BCUT2D eigenvalue weighted by Gasteiger charge is 2.12. The second-order valence-corrected chi connectivity index (χ2v) is 4.90. The first-order chi connectivity index (χ1) is 8.22. The summed E-state index contributed by atoms with van der Waals surface area (Å²) in [7, 11) is 0. The van der Waals surface area contributed by atoms with E-state index in [4.69, 9.17) is 0 Å². The smallest absolute Gasteiger partial charge is 0.0665 e. The van der Waals surface area contributed by atoms with E-state index in [1.54, 1.807) is 0 Å². The Bertz CT molecular complexity index is 151. The third kappa shape index (κ3) is 10.7. The predicted molar refractivity (Wildman–Crippen MR) is 75.4 cm³/mol. The van der Waals surface area contributed by atoms with Crippen LogP contribution in [0.2, 0.25) is 0 Å². The molecule has 0 saturated heterocycles. The van der Waals surface area contributed by atoms with Crippen LogP contribution in [0.25, 0.3) is 0 Å². The quantitative estimate of drug-likeness (QED) is 0.462. The summed E-state index contributed by atoms with van der Waals surface area (Å²) in [4.78, 5) is 0. The number of aliphatic hydroxyl groups is 1. The molecule has 0 aliphatic heterocycles. The highest BCUT2D eigenvalue weighted by Crippen LogP contribution is 2.05. The normalized spacial score (nSPS) is 14.8. The molecule has 17 heavy (non-hydrogen) atoms. The molecule has 3 heteroatoms. The van der Waals surface area contributed by atoms with Gasteiger partial charge in [-0.1, -0.05) is 26.7 Å². The van der Waals surface area contributed by atoms with Gasteiger partial charge in [-0.25, -0.2) is 0 Å². The van der Waals surface area contributed by atoms with Crippen LogP contribution in [-0.2, 0) is 0 Å². The van der Waals surface area contributed by atoms with Crippen molar-refractivity contribution >= 4 is 0 Å². The molecule has 104 valence electrons. The third-order valence-corrected chi connectivity index (χ3v) is 3.06. The highest BCUT2D eigenvalue weighted by molar-refractivity contribution is 4.72. The van der Waals surface area contributed by atoms with Crippen molar-refractivity contribution < 1.29 is 5.11 Å². The van der Waals surface area contributed by atoms with Crippen molar-refractivity contribution in [2.75, 3.05) is 19.6 Å². The number of aliphatic hydroxyl groups excluding tert-OH is 1. The molecule has 3 nitrogen and oxygen atoms in total. The summed E-state index contributed by atoms with van der Waals surface area (Å²) in [6.07, 6.45) is 6.85. The lowest BCUT2D eigenvalue weighted by Gasteiger charge is -2.21. The van der Waals surface area contributed by atoms with E-state index < -0.39 is 0 Å². The SMILES string of the molecule is CCCCC(NCCCCNCCC)C(C)O. The summed E-state index contributed by atoms with van der Waals surface area (Å²) in [5.74, 6) is 0. The second kappa shape index (κ2) is 12.3. The van der Waals surface area contributed by atoms with Crippen LogP contribution in [0.15, 0.2) is 0 Å². The van der Waals surface area contributed by atoms with Gasteiger partial charge in [-0.2, -0.15) is 0 Å². The van der Waals surface area contributed by atoms with Crippen molar-refractivity contribution in [3.05, 3.63) is 0 Å². The van der Waals surface area contributed by atoms with Gasteiger partial charge in [0.15, 0.2) is 0 Å². The largest absolute Gasteiger partial charge is 0.392 e. The zero-order valence-electron chi connectivity index (χ0n) is 12.0. The molecule has 0 spiro atoms. The summed E-state index contributed by atoms with van der Waals surface area (Å²) >= 11 is 0. The van der Waals surface area contributed by atoms with Gasteiger partial charge in [0.1, 0.15) is 0 Å². The van der Waals surface area contributed by atoms with Gasteiger partial charge >= 0.3 is 0 Å². The van der Waals surface area contributed by atoms with Gasteiger partial charge in [-0.3, -0.25) is 0 Å². The van der Waals surface area contributed by atoms with Crippen LogP contribution in [0.4, 0.5) is 0 Å². The molecule has 0 bridgehead atoms. The van der Waals surface area contributed by atoms with Crippen molar-refractivity contribution in [3.8, 4) is 0 Å². The molecule has 2 atom stereocenters. The van der Waals surface area contributed by atoms with Gasteiger partial charge in [0.05, 0.1) is 6.10 Å². The van der Waals surface area contributed by atoms with Crippen molar-refractivity contribution in [2.45, 2.75) is 71.4 Å². The molecule has 0 aromatic rings. The van der Waals surface area contributed by atoms with E-state index in [0.29, 0.717) is 0 Å². The molecule has 0 rings (SSSR count). The lowest BCUT2D eigenvalue weighted by Crippen LogP contribution is -2.38. The molecule has 0 aliphatic carbocycles. The van der Waals surface area contributed by atoms with Gasteiger partial charge < -0.3 is 15.7 Å². The number of unbranched alkanes of at least 4 members (excludes halogenated alkanes) is 2. The molecule has 0 fully saturated rings. The van der Waals surface area contributed by atoms with Gasteiger partial charge in [0.2, 0.25) is 0 Å². The molecule has 0 heterocycles. The molecule has 0 radical (unpaired) electrons. The van der Waals surface area contributed by atoms with E-state index in [0.717, 1.165) is 26.1 Å². The Hall–Kier alpha value is -0.120. The Morgan fingerprint density at radius 3 is 2.24 bits per heavy atom. The minimum atomic E-state index is -0.236. The summed E-state index contributed by atoms with van der Waals surface area (Å²) in [6.45, 7) is 9.53. The van der Waals surface area contributed by atoms with Crippen LogP contribution in [-0.4, -0.2) is 36.9 Å². The zero-order valence-corrected chi connectivity index (χ0v) is 12.0. The maximum atomic E-state index is 9.64. The van der Waals surface area contributed by atoms with Crippen LogP contribution in [0, 0.1) is 0 Å². The monoisotopic (exact) mass is 244 g/mol. The summed E-state index contributed by atoms with van der Waals surface area (Å²) in [5.41, 5.74) is 0. The Labute approximate surface area is 107 Å². The fourth-order valence-corrected chi connectivity index (χ4v) is 1.90. The zero-order chi connectivity index (χ0) is 12.9. The topological polar surface area (TPSA) is 44.3 Å². The predicted octanol–water partition coefficient (Wildman–Crippen LogP) is 2.30. The molecule has 0 aliphatic rings. The maximum absolute atomic E-state index is 9.64. The number of hydrogen-bond acceptors (Lipinski definition) is 3. The van der Waals surface area contributed by atoms with Crippen molar-refractivity contribution in [1.29, 1.82) is 0 Å². The minimum Gasteiger partial charge on any atom is -0.392 e. The van der Waals surface area contributed by atoms with E-state index >= 15 is 0 Å². The maximum Gasteiger partial charge on any atom is 0.0665 e. The Morgan fingerprint density at radius 2 is 1.65 bits per heavy atom. The standard InChI is InChI=1S/C14H32N2O/c1-4-6-9-14(13(3)17)16-12-8-7-11-15-10-5-2/h13-17H,4-12H2,1-3H3. The lowest BCUT2D eigenvalue weighted by molar-refractivity contribution is 0.138. The average Bonchev–Trinajstić information content (AvgIpc) is 2.31. The van der Waals surface area contributed by atoms with E-state index in [1.165, 1.54) is 32.1 Å². The van der Waals surface area contributed by atoms with Crippen molar-refractivity contribution in [3.63, 3.8) is 0 Å². The van der Waals surface area contributed by atoms with Crippen LogP contribution >= 0.6 is 0 Å². The van der Waals surface area contributed by atoms with Gasteiger partial charge in [-0.05, 0) is 52.2 Å². The van der Waals surface area contributed by atoms with Crippen LogP contribution in [0.1, 0.15) is 59.3 Å². The molecular weight excluding hydrogens is 212 g/mol. The lowest BCUT2D eigenvalue weighted by atomic mass is 10.1. The molecule has 3 N–H and O–H groups in total. The van der Waals surface area contributed by atoms with Crippen LogP contribution in [0.5, 0.6) is 0 Å². The Kier molecular flexibility index (Phi) is 12.3. The number of hydrogen-bond donors (Lipinski definition) is 3. The van der Waals surface area contributed by atoms with Crippen molar-refractivity contribution in [1.82, 2.24) is 10.6 Å². The molecule has 0 amide bonds. The number of nitrogens with one attached hydrogen (secondary N) is 2. The molecule has 0 saturated carbocycles. The highest BCUT2D eigenvalue weighted by atomic mass is 16.3. The molecule has 2 unspecified atom stereocenters. The molecule has 0 aromatic carbocycles. The van der Waals surface area contributed by atoms with Gasteiger partial charge in [0, 0.05) is 6.04 Å². The van der Waals surface area contributed by atoms with E-state index in [-0.39, 0.29) is 12.1 Å². The van der Waals surface area contributed by atoms with Crippen LogP contribution < -0.4 is 10.6 Å². The van der Waals surface area contributed by atoms with E-state index in [1.807, 2.05) is 6.92 Å². The molecule has 0 aromatic heterocycles. The Balaban J connectivity index is 3.41. The first kappa shape index (κ1) is 16.9. The second-order valence-electron chi connectivity index (χ2n) is 4.90. The van der Waals surface area contributed by atoms with E-state index in [9.17, 15) is 5.11 Å². The first-order valence-corrected chi connectivity index (χ1v) is 7.34. The van der Waals surface area contributed by atoms with E-state index in [2.05, 4.69) is 24.5 Å². The summed E-state index contributed by atoms with van der Waals surface area (Å²) < 4.78 is 0. The first-order valence-electron chi connectivity index (χ1n) is 7.34. The molecular formula is C14H32N2O. The Morgan fingerprint density at radius 1 is 0.941 bits per heavy atom. The van der Waals surface area contributed by atoms with Crippen molar-refractivity contribution in [2.24, 2.45) is 0 Å². The third-order valence-electron chi connectivity index (χ3n) is 3.06. The van der Waals surface area contributed by atoms with Crippen LogP contribution in [0.3, 0.4) is 0 Å². The minimum absolute atomic E-state index is 0.236. The van der Waals surface area contributed by atoms with Gasteiger partial charge in [0.25, 0.3) is 0 Å². The average molecular weight is 244 g/mol. The van der Waals surface area contributed by atoms with Gasteiger partial charge in [-0.15, -0.1) is 0 Å². The summed E-state index contributed by atoms with van der Waals surface area (Å²) in [5, 5.41) is 16.5.